The van der Waals surface area contributed by atoms with Gasteiger partial charge < -0.3 is 14.5 Å². The van der Waals surface area contributed by atoms with Crippen LogP contribution in [-0.4, -0.2) is 40.0 Å². The third-order valence-corrected chi connectivity index (χ3v) is 4.76. The molecule has 4 rings (SSSR count). The third-order valence-electron chi connectivity index (χ3n) is 4.76. The molecule has 1 fully saturated rings. The Bertz CT molecular complexity index is 910. The van der Waals surface area contributed by atoms with Gasteiger partial charge in [-0.1, -0.05) is 19.1 Å². The van der Waals surface area contributed by atoms with Gasteiger partial charge in [-0.25, -0.2) is 9.07 Å². The lowest BCUT2D eigenvalue weighted by Gasteiger charge is -2.26. The molecule has 3 heterocycles. The molecule has 2 aromatic rings. The zero-order chi connectivity index (χ0) is 21.0. The van der Waals surface area contributed by atoms with Crippen LogP contribution in [0.15, 0.2) is 49.3 Å². The molecule has 0 saturated carbocycles. The normalized spacial score (nSPS) is 18.6. The molecule has 8 heteroatoms. The molecule has 0 amide bonds. The monoisotopic (exact) mass is 399 g/mol. The Morgan fingerprint density at radius 2 is 2.10 bits per heavy atom. The van der Waals surface area contributed by atoms with E-state index in [9.17, 15) is 9.18 Å². The Balaban J connectivity index is 0.00000117. The fourth-order valence-electron chi connectivity index (χ4n) is 3.39. The minimum atomic E-state index is -0.345. The molecular formula is C21H26FN5O2. The van der Waals surface area contributed by atoms with Crippen molar-refractivity contribution in [3.05, 3.63) is 60.6 Å². The van der Waals surface area contributed by atoms with Crippen LogP contribution in [0.4, 0.5) is 15.8 Å². The second-order valence-electron chi connectivity index (χ2n) is 6.68. The number of nitrogens with zero attached hydrogens (tertiary/aromatic N) is 5. The van der Waals surface area contributed by atoms with Gasteiger partial charge in [0, 0.05) is 37.1 Å². The maximum absolute atomic E-state index is 14.8. The molecule has 0 N–H and O–H groups in total. The lowest BCUT2D eigenvalue weighted by Crippen LogP contribution is -2.26. The van der Waals surface area contributed by atoms with E-state index in [0.29, 0.717) is 37.6 Å². The van der Waals surface area contributed by atoms with Gasteiger partial charge in [0.15, 0.2) is 11.7 Å². The summed E-state index contributed by atoms with van der Waals surface area (Å²) in [5.41, 5.74) is 2.09. The van der Waals surface area contributed by atoms with E-state index in [4.69, 9.17) is 4.74 Å². The summed E-state index contributed by atoms with van der Waals surface area (Å²) in [5, 5.41) is 7.73. The SMILES string of the molecule is C=C1OC(Cn2ccnn2)CN1c1cc(F)c(N2C=CC(=O)CC2)cc1C.CC. The van der Waals surface area contributed by atoms with E-state index in [0.717, 1.165) is 11.3 Å². The number of hydrogen-bond donors (Lipinski definition) is 0. The summed E-state index contributed by atoms with van der Waals surface area (Å²) in [4.78, 5) is 15.0. The van der Waals surface area contributed by atoms with E-state index in [1.54, 1.807) is 34.2 Å². The highest BCUT2D eigenvalue weighted by Crippen LogP contribution is 2.34. The number of anilines is 2. The first-order valence-corrected chi connectivity index (χ1v) is 9.76. The molecule has 1 atom stereocenters. The van der Waals surface area contributed by atoms with Crippen molar-refractivity contribution in [2.45, 2.75) is 39.8 Å². The molecule has 1 unspecified atom stereocenters. The second-order valence-corrected chi connectivity index (χ2v) is 6.68. The number of halogens is 1. The van der Waals surface area contributed by atoms with Crippen LogP contribution in [0.1, 0.15) is 25.8 Å². The molecule has 0 bridgehead atoms. The highest BCUT2D eigenvalue weighted by atomic mass is 19.1. The minimum absolute atomic E-state index is 0.0592. The van der Waals surface area contributed by atoms with Crippen LogP contribution >= 0.6 is 0 Å². The number of aromatic nitrogens is 3. The van der Waals surface area contributed by atoms with Gasteiger partial charge in [0.05, 0.1) is 25.0 Å². The van der Waals surface area contributed by atoms with Gasteiger partial charge in [0.1, 0.15) is 11.9 Å². The summed E-state index contributed by atoms with van der Waals surface area (Å²) in [7, 11) is 0. The Morgan fingerprint density at radius 3 is 2.76 bits per heavy atom. The summed E-state index contributed by atoms with van der Waals surface area (Å²) in [5.74, 6) is 0.199. The standard InChI is InChI=1S/C19H20FN5O2.C2H6/c1-13-9-19(23-6-3-15(26)4-7-23)17(20)10-18(13)25-12-16(27-14(25)2)11-24-8-5-21-22-24;1-2/h3,5-6,8-10,16H,2,4,7,11-12H2,1H3;1-2H3. The molecule has 7 nitrogen and oxygen atoms in total. The third kappa shape index (κ3) is 4.47. The van der Waals surface area contributed by atoms with Gasteiger partial charge in [0.25, 0.3) is 0 Å². The number of allylic oxidation sites excluding steroid dienone is 1. The van der Waals surface area contributed by atoms with E-state index in [2.05, 4.69) is 16.9 Å². The van der Waals surface area contributed by atoms with Crippen LogP contribution < -0.4 is 9.80 Å². The van der Waals surface area contributed by atoms with Crippen molar-refractivity contribution in [2.75, 3.05) is 22.9 Å². The van der Waals surface area contributed by atoms with Crippen LogP contribution in [-0.2, 0) is 16.1 Å². The summed E-state index contributed by atoms with van der Waals surface area (Å²) >= 11 is 0. The first kappa shape index (κ1) is 20.6. The first-order valence-electron chi connectivity index (χ1n) is 9.76. The van der Waals surface area contributed by atoms with Gasteiger partial charge in [0.2, 0.25) is 0 Å². The average molecular weight is 399 g/mol. The highest BCUT2D eigenvalue weighted by Gasteiger charge is 2.30. The van der Waals surface area contributed by atoms with Crippen LogP contribution in [0.5, 0.6) is 0 Å². The molecule has 2 aliphatic heterocycles. The largest absolute Gasteiger partial charge is 0.472 e. The number of benzene rings is 1. The lowest BCUT2D eigenvalue weighted by molar-refractivity contribution is -0.114. The maximum atomic E-state index is 14.8. The molecular weight excluding hydrogens is 373 g/mol. The zero-order valence-corrected chi connectivity index (χ0v) is 17.0. The molecule has 1 aromatic carbocycles. The van der Waals surface area contributed by atoms with Crippen LogP contribution in [0, 0.1) is 12.7 Å². The number of ketones is 1. The van der Waals surface area contributed by atoms with Crippen LogP contribution in [0.3, 0.4) is 0 Å². The first-order chi connectivity index (χ1) is 14.0. The number of ether oxygens (including phenoxy) is 1. The number of aryl methyl sites for hydroxylation is 1. The molecule has 2 aliphatic rings. The molecule has 0 spiro atoms. The lowest BCUT2D eigenvalue weighted by atomic mass is 10.1. The van der Waals surface area contributed by atoms with Crippen molar-refractivity contribution in [3.8, 4) is 0 Å². The van der Waals surface area contributed by atoms with Gasteiger partial charge in [-0.05, 0) is 31.2 Å². The van der Waals surface area contributed by atoms with Crippen molar-refractivity contribution >= 4 is 17.2 Å². The second kappa shape index (κ2) is 8.89. The smallest absolute Gasteiger partial charge is 0.186 e. The van der Waals surface area contributed by atoms with Gasteiger partial charge in [-0.2, -0.15) is 0 Å². The molecule has 29 heavy (non-hydrogen) atoms. The Labute approximate surface area is 170 Å². The predicted octanol–water partition coefficient (Wildman–Crippen LogP) is 3.42. The Morgan fingerprint density at radius 1 is 1.31 bits per heavy atom. The molecule has 1 aromatic heterocycles. The molecule has 0 radical (unpaired) electrons. The van der Waals surface area contributed by atoms with Crippen molar-refractivity contribution in [1.29, 1.82) is 0 Å². The maximum Gasteiger partial charge on any atom is 0.186 e. The summed E-state index contributed by atoms with van der Waals surface area (Å²) in [6, 6.07) is 3.30. The molecule has 0 aliphatic carbocycles. The quantitative estimate of drug-likeness (QED) is 0.785. The van der Waals surface area contributed by atoms with Gasteiger partial charge >= 0.3 is 0 Å². The van der Waals surface area contributed by atoms with E-state index < -0.39 is 0 Å². The predicted molar refractivity (Wildman–Crippen MR) is 110 cm³/mol. The molecule has 154 valence electrons. The summed E-state index contributed by atoms with van der Waals surface area (Å²) < 4.78 is 22.3. The van der Waals surface area contributed by atoms with E-state index in [1.165, 1.54) is 12.1 Å². The molecule has 1 saturated heterocycles. The Hall–Kier alpha value is -3.16. The van der Waals surface area contributed by atoms with Crippen LogP contribution in [0.25, 0.3) is 0 Å². The summed E-state index contributed by atoms with van der Waals surface area (Å²) in [6.45, 7) is 11.5. The summed E-state index contributed by atoms with van der Waals surface area (Å²) in [6.07, 6.45) is 6.75. The highest BCUT2D eigenvalue weighted by molar-refractivity contribution is 5.91. The minimum Gasteiger partial charge on any atom is -0.472 e. The van der Waals surface area contributed by atoms with Crippen LogP contribution in [0.2, 0.25) is 0 Å². The average Bonchev–Trinajstić information content (AvgIpc) is 3.35. The van der Waals surface area contributed by atoms with Crippen molar-refractivity contribution in [3.63, 3.8) is 0 Å². The van der Waals surface area contributed by atoms with Crippen molar-refractivity contribution < 1.29 is 13.9 Å². The van der Waals surface area contributed by atoms with Crippen molar-refractivity contribution in [1.82, 2.24) is 15.0 Å². The van der Waals surface area contributed by atoms with Crippen molar-refractivity contribution in [2.24, 2.45) is 0 Å². The van der Waals surface area contributed by atoms with E-state index in [-0.39, 0.29) is 17.7 Å². The topological polar surface area (TPSA) is 63.5 Å². The Kier molecular flexibility index (Phi) is 6.31. The number of carbonyl (C=O) groups is 1. The number of carbonyl (C=O) groups excluding carboxylic acids is 1. The fraction of sp³-hybridized carbons (Fsp3) is 0.381. The number of rotatable bonds is 4. The van der Waals surface area contributed by atoms with E-state index in [1.807, 2.05) is 25.7 Å². The number of hydrogen-bond acceptors (Lipinski definition) is 6. The fourth-order valence-corrected chi connectivity index (χ4v) is 3.39. The van der Waals surface area contributed by atoms with E-state index >= 15 is 0 Å². The van der Waals surface area contributed by atoms with Gasteiger partial charge in [-0.15, -0.1) is 5.10 Å². The zero-order valence-electron chi connectivity index (χ0n) is 17.0. The van der Waals surface area contributed by atoms with Gasteiger partial charge in [-0.3, -0.25) is 4.79 Å².